The first-order valence-corrected chi connectivity index (χ1v) is 15.5. The van der Waals surface area contributed by atoms with E-state index in [1.807, 2.05) is 12.1 Å². The van der Waals surface area contributed by atoms with Crippen LogP contribution >= 0.6 is 0 Å². The predicted octanol–water partition coefficient (Wildman–Crippen LogP) is 5.11. The quantitative estimate of drug-likeness (QED) is 0.418. The number of phenolic OH excluding ortho intramolecular Hbond substituents is 1. The highest BCUT2D eigenvalue weighted by atomic mass is 16.6. The van der Waals surface area contributed by atoms with Gasteiger partial charge in [-0.25, -0.2) is 0 Å². The number of aromatic hydroxyl groups is 1. The molecule has 3 aliphatic rings. The Labute approximate surface area is 250 Å². The number of carbonyl (C=O) groups is 2. The van der Waals surface area contributed by atoms with Crippen molar-refractivity contribution in [1.82, 2.24) is 0 Å². The molecule has 0 amide bonds. The molecule has 0 radical (unpaired) electrons. The van der Waals surface area contributed by atoms with E-state index < -0.39 is 30.3 Å². The fourth-order valence-electron chi connectivity index (χ4n) is 7.26. The number of ether oxygens (including phenoxy) is 5. The number of cyclic esters (lactones) is 1. The van der Waals surface area contributed by atoms with Crippen molar-refractivity contribution in [2.75, 3.05) is 7.11 Å². The number of aliphatic hydroxyl groups excluding tert-OH is 1. The normalized spacial score (nSPS) is 35.8. The first kappa shape index (κ1) is 32.7. The molecule has 3 heterocycles. The van der Waals surface area contributed by atoms with Gasteiger partial charge in [-0.2, -0.15) is 0 Å². The highest BCUT2D eigenvalue weighted by Crippen LogP contribution is 2.46. The second kappa shape index (κ2) is 13.6. The largest absolute Gasteiger partial charge is 0.508 e. The second-order valence-electron chi connectivity index (χ2n) is 13.6. The monoisotopic (exact) mass is 590 g/mol. The SMILES string of the molecule is CO[C@@H](CC[C@H](C)[C@H]1OC2C[C@H](OC(=O)C[C@H]([C@@H](C)O)OC(=O)CC3OC2C(C)(C)C[C@H]3C)[C@@H]1C)c1cccc(O)c1. The van der Waals surface area contributed by atoms with Crippen LogP contribution in [-0.2, 0) is 33.3 Å². The van der Waals surface area contributed by atoms with E-state index in [1.54, 1.807) is 19.2 Å². The van der Waals surface area contributed by atoms with Crippen molar-refractivity contribution in [3.05, 3.63) is 29.8 Å². The number of carbonyl (C=O) groups excluding carboxylic acids is 2. The molecule has 11 atom stereocenters. The second-order valence-corrected chi connectivity index (χ2v) is 13.6. The Bertz CT molecular complexity index is 1070. The van der Waals surface area contributed by atoms with E-state index in [-0.39, 0.29) is 72.3 Å². The minimum atomic E-state index is -1.02. The van der Waals surface area contributed by atoms with Crippen molar-refractivity contribution in [3.8, 4) is 5.75 Å². The number of aliphatic hydroxyl groups is 1. The smallest absolute Gasteiger partial charge is 0.309 e. The van der Waals surface area contributed by atoms with Crippen molar-refractivity contribution >= 4 is 11.9 Å². The Kier molecular flexibility index (Phi) is 10.6. The van der Waals surface area contributed by atoms with Gasteiger partial charge in [-0.3, -0.25) is 9.59 Å². The molecule has 0 aliphatic carbocycles. The van der Waals surface area contributed by atoms with Crippen LogP contribution in [0, 0.1) is 23.2 Å². The van der Waals surface area contributed by atoms with Gasteiger partial charge in [-0.05, 0) is 61.1 Å². The zero-order valence-corrected chi connectivity index (χ0v) is 26.2. The van der Waals surface area contributed by atoms with E-state index in [4.69, 9.17) is 23.7 Å². The summed E-state index contributed by atoms with van der Waals surface area (Å²) in [6.07, 6.45) is -1.12. The van der Waals surface area contributed by atoms with Gasteiger partial charge in [-0.15, -0.1) is 0 Å². The number of hydrogen-bond acceptors (Lipinski definition) is 9. The topological polar surface area (TPSA) is 121 Å². The molecule has 2 N–H and O–H groups in total. The van der Waals surface area contributed by atoms with Crippen molar-refractivity contribution in [1.29, 1.82) is 0 Å². The van der Waals surface area contributed by atoms with E-state index in [2.05, 4.69) is 34.6 Å². The Morgan fingerprint density at radius 1 is 1.00 bits per heavy atom. The van der Waals surface area contributed by atoms with Gasteiger partial charge in [-0.1, -0.05) is 46.8 Å². The third-order valence-electron chi connectivity index (χ3n) is 9.62. The number of hydrogen-bond donors (Lipinski definition) is 2. The molecule has 4 rings (SSSR count). The summed E-state index contributed by atoms with van der Waals surface area (Å²) < 4.78 is 31.0. The number of benzene rings is 1. The highest BCUT2D eigenvalue weighted by Gasteiger charge is 2.51. The highest BCUT2D eigenvalue weighted by molar-refractivity contribution is 5.73. The minimum absolute atomic E-state index is 0.0475. The Morgan fingerprint density at radius 2 is 1.71 bits per heavy atom. The molecule has 4 bridgehead atoms. The van der Waals surface area contributed by atoms with Gasteiger partial charge in [0.15, 0.2) is 0 Å². The third-order valence-corrected chi connectivity index (χ3v) is 9.62. The van der Waals surface area contributed by atoms with E-state index in [0.717, 1.165) is 24.8 Å². The molecule has 236 valence electrons. The van der Waals surface area contributed by atoms with E-state index in [9.17, 15) is 19.8 Å². The molecule has 9 heteroatoms. The molecular weight excluding hydrogens is 540 g/mol. The summed E-state index contributed by atoms with van der Waals surface area (Å²) in [6.45, 7) is 12.1. The van der Waals surface area contributed by atoms with Gasteiger partial charge < -0.3 is 33.9 Å². The van der Waals surface area contributed by atoms with Crippen LogP contribution in [0.15, 0.2) is 24.3 Å². The lowest BCUT2D eigenvalue weighted by molar-refractivity contribution is -0.245. The number of methoxy groups -OCH3 is 1. The van der Waals surface area contributed by atoms with Crippen LogP contribution in [0.3, 0.4) is 0 Å². The summed E-state index contributed by atoms with van der Waals surface area (Å²) in [5.41, 5.74) is 0.686. The molecule has 0 aromatic heterocycles. The first-order valence-electron chi connectivity index (χ1n) is 15.5. The number of rotatable bonds is 7. The molecule has 3 aliphatic heterocycles. The van der Waals surface area contributed by atoms with E-state index in [0.29, 0.717) is 6.42 Å². The maximum atomic E-state index is 13.1. The number of phenols is 1. The van der Waals surface area contributed by atoms with Crippen LogP contribution in [0.1, 0.15) is 91.7 Å². The van der Waals surface area contributed by atoms with Crippen LogP contribution in [0.2, 0.25) is 0 Å². The number of esters is 2. The minimum Gasteiger partial charge on any atom is -0.508 e. The maximum absolute atomic E-state index is 13.1. The Morgan fingerprint density at radius 3 is 2.38 bits per heavy atom. The van der Waals surface area contributed by atoms with Gasteiger partial charge in [0.25, 0.3) is 0 Å². The van der Waals surface area contributed by atoms with Crippen molar-refractivity contribution in [2.24, 2.45) is 23.2 Å². The van der Waals surface area contributed by atoms with Crippen molar-refractivity contribution in [3.63, 3.8) is 0 Å². The fourth-order valence-corrected chi connectivity index (χ4v) is 7.26. The lowest BCUT2D eigenvalue weighted by atomic mass is 9.70. The summed E-state index contributed by atoms with van der Waals surface area (Å²) in [4.78, 5) is 26.0. The molecule has 42 heavy (non-hydrogen) atoms. The summed E-state index contributed by atoms with van der Waals surface area (Å²) in [5.74, 6) is -0.667. The Hall–Kier alpha value is -2.20. The fraction of sp³-hybridized carbons (Fsp3) is 0.758. The molecule has 0 spiro atoms. The van der Waals surface area contributed by atoms with Crippen LogP contribution < -0.4 is 0 Å². The average Bonchev–Trinajstić information content (AvgIpc) is 2.91. The summed E-state index contributed by atoms with van der Waals surface area (Å²) in [6, 6.07) is 7.13. The van der Waals surface area contributed by atoms with E-state index in [1.165, 1.54) is 6.92 Å². The van der Waals surface area contributed by atoms with Gasteiger partial charge in [0.05, 0.1) is 49.5 Å². The van der Waals surface area contributed by atoms with Crippen molar-refractivity contribution in [2.45, 2.75) is 129 Å². The van der Waals surface area contributed by atoms with Crippen molar-refractivity contribution < 1.29 is 43.5 Å². The maximum Gasteiger partial charge on any atom is 0.309 e. The molecule has 9 nitrogen and oxygen atoms in total. The van der Waals surface area contributed by atoms with Gasteiger partial charge in [0.2, 0.25) is 0 Å². The summed E-state index contributed by atoms with van der Waals surface area (Å²) in [5, 5.41) is 20.2. The van der Waals surface area contributed by atoms with Gasteiger partial charge in [0.1, 0.15) is 18.0 Å². The lowest BCUT2D eigenvalue weighted by Crippen LogP contribution is -2.57. The molecule has 3 saturated heterocycles. The van der Waals surface area contributed by atoms with Gasteiger partial charge in [0, 0.05) is 19.4 Å². The predicted molar refractivity (Wildman–Crippen MR) is 156 cm³/mol. The summed E-state index contributed by atoms with van der Waals surface area (Å²) in [7, 11) is 1.67. The third kappa shape index (κ3) is 7.65. The van der Waals surface area contributed by atoms with Gasteiger partial charge >= 0.3 is 11.9 Å². The zero-order chi connectivity index (χ0) is 30.8. The lowest BCUT2D eigenvalue weighted by Gasteiger charge is -2.52. The molecule has 3 fully saturated rings. The molecule has 0 saturated carbocycles. The number of fused-ring (bicyclic) bond motifs is 5. The van der Waals surface area contributed by atoms with E-state index >= 15 is 0 Å². The molecule has 1 aromatic rings. The Balaban J connectivity index is 1.59. The average molecular weight is 591 g/mol. The standard InChI is InChI=1S/C33H50O9/c1-18(11-12-24(38-7)22-9-8-10-23(35)13-22)31-20(3)26-14-28(41-31)32-33(5,6)17-19(2)25(42-32)15-29(36)40-27(21(4)34)16-30(37)39-26/h8-10,13,18-21,24-28,31-32,34-35H,11-12,14-17H2,1-7H3/t18-,19+,20-,21+,24-,25?,26-,27+,28?,31+,32?/m0/s1. The van der Waals surface area contributed by atoms with Crippen LogP contribution in [-0.4, -0.2) is 72.0 Å². The first-order chi connectivity index (χ1) is 19.8. The van der Waals surface area contributed by atoms with Crippen LogP contribution in [0.25, 0.3) is 0 Å². The summed E-state index contributed by atoms with van der Waals surface area (Å²) >= 11 is 0. The zero-order valence-electron chi connectivity index (χ0n) is 26.2. The van der Waals surface area contributed by atoms with Crippen LogP contribution in [0.5, 0.6) is 5.75 Å². The molecule has 3 unspecified atom stereocenters. The molecular formula is C33H50O9. The molecule has 1 aromatic carbocycles. The van der Waals surface area contributed by atoms with Crippen LogP contribution in [0.4, 0.5) is 0 Å².